The van der Waals surface area contributed by atoms with Crippen LogP contribution in [0.3, 0.4) is 0 Å². The van der Waals surface area contributed by atoms with Gasteiger partial charge in [0, 0.05) is 18.9 Å². The Morgan fingerprint density at radius 2 is 1.72 bits per heavy atom. The van der Waals surface area contributed by atoms with E-state index in [2.05, 4.69) is 37.0 Å². The predicted molar refractivity (Wildman–Crippen MR) is 124 cm³/mol. The van der Waals surface area contributed by atoms with Crippen LogP contribution in [0.2, 0.25) is 0 Å². The molecule has 2 aromatic carbocycles. The van der Waals surface area contributed by atoms with Gasteiger partial charge in [-0.2, -0.15) is 4.31 Å². The van der Waals surface area contributed by atoms with E-state index in [1.54, 1.807) is 48.9 Å². The second-order valence-electron chi connectivity index (χ2n) is 8.07. The van der Waals surface area contributed by atoms with E-state index in [0.717, 1.165) is 5.56 Å². The van der Waals surface area contributed by atoms with Gasteiger partial charge in [0.2, 0.25) is 10.0 Å². The Labute approximate surface area is 189 Å². The van der Waals surface area contributed by atoms with Gasteiger partial charge in [0.05, 0.1) is 24.2 Å². The van der Waals surface area contributed by atoms with Crippen LogP contribution in [0.5, 0.6) is 0 Å². The van der Waals surface area contributed by atoms with Crippen LogP contribution in [0.4, 0.5) is 0 Å². The molecule has 0 atom stereocenters. The fourth-order valence-electron chi connectivity index (χ4n) is 3.61. The summed E-state index contributed by atoms with van der Waals surface area (Å²) in [6.45, 7) is 6.96. The molecule has 0 N–H and O–H groups in total. The van der Waals surface area contributed by atoms with Crippen LogP contribution in [0.25, 0.3) is 0 Å². The van der Waals surface area contributed by atoms with Gasteiger partial charge in [0.25, 0.3) is 0 Å². The first-order valence-corrected chi connectivity index (χ1v) is 11.9. The highest BCUT2D eigenvalue weighted by atomic mass is 32.2. The Kier molecular flexibility index (Phi) is 6.30. The van der Waals surface area contributed by atoms with E-state index in [4.69, 9.17) is 4.42 Å². The minimum Gasteiger partial charge on any atom is -0.468 e. The van der Waals surface area contributed by atoms with E-state index >= 15 is 0 Å². The molecule has 4 aromatic rings. The van der Waals surface area contributed by atoms with Gasteiger partial charge >= 0.3 is 0 Å². The minimum absolute atomic E-state index is 0.125. The summed E-state index contributed by atoms with van der Waals surface area (Å²) in [5, 5.41) is 0. The van der Waals surface area contributed by atoms with Gasteiger partial charge in [-0.25, -0.2) is 13.4 Å². The Balaban J connectivity index is 1.66. The summed E-state index contributed by atoms with van der Waals surface area (Å²) >= 11 is 0. The third-order valence-corrected chi connectivity index (χ3v) is 7.34. The van der Waals surface area contributed by atoms with Crippen molar-refractivity contribution in [3.8, 4) is 0 Å². The van der Waals surface area contributed by atoms with Crippen LogP contribution in [-0.2, 0) is 29.7 Å². The first-order chi connectivity index (χ1) is 15.3. The molecule has 0 fully saturated rings. The van der Waals surface area contributed by atoms with E-state index in [0.29, 0.717) is 18.1 Å². The summed E-state index contributed by atoms with van der Waals surface area (Å²) in [5.41, 5.74) is 4.57. The van der Waals surface area contributed by atoms with Crippen LogP contribution < -0.4 is 0 Å². The number of hydrogen-bond acceptors (Lipinski definition) is 4. The Bertz CT molecular complexity index is 1290. The lowest BCUT2D eigenvalue weighted by Crippen LogP contribution is -2.31. The Morgan fingerprint density at radius 1 is 0.969 bits per heavy atom. The fourth-order valence-corrected chi connectivity index (χ4v) is 4.97. The molecule has 0 saturated carbocycles. The Morgan fingerprint density at radius 3 is 2.44 bits per heavy atom. The number of aryl methyl sites for hydroxylation is 3. The molecule has 0 spiro atoms. The maximum absolute atomic E-state index is 13.5. The van der Waals surface area contributed by atoms with Crippen molar-refractivity contribution in [3.63, 3.8) is 0 Å². The third-order valence-electron chi connectivity index (χ3n) is 5.54. The SMILES string of the molecule is Cc1ccc(S(=O)(=O)N(Cc2ccco2)Cc2nccn2Cc2cc(C)ccc2C)cc1. The average Bonchev–Trinajstić information content (AvgIpc) is 3.43. The number of furan rings is 1. The van der Waals surface area contributed by atoms with Gasteiger partial charge in [-0.1, -0.05) is 41.5 Å². The molecule has 7 heteroatoms. The quantitative estimate of drug-likeness (QED) is 0.386. The van der Waals surface area contributed by atoms with Crippen molar-refractivity contribution in [3.05, 3.63) is 107 Å². The summed E-state index contributed by atoms with van der Waals surface area (Å²) in [5.74, 6) is 1.25. The van der Waals surface area contributed by atoms with E-state index in [-0.39, 0.29) is 18.0 Å². The number of nitrogens with zero attached hydrogens (tertiary/aromatic N) is 3. The standard InChI is InChI=1S/C25H27N3O3S/c1-19-7-10-24(11-8-19)32(29,30)28(17-23-5-4-14-31-23)18-25-26-12-13-27(25)16-22-15-20(2)6-9-21(22)3/h4-15H,16-18H2,1-3H3. The maximum Gasteiger partial charge on any atom is 0.243 e. The molecule has 2 aromatic heterocycles. The first-order valence-electron chi connectivity index (χ1n) is 10.5. The van der Waals surface area contributed by atoms with Crippen molar-refractivity contribution in [2.75, 3.05) is 0 Å². The molecule has 0 aliphatic heterocycles. The highest BCUT2D eigenvalue weighted by Gasteiger charge is 2.27. The van der Waals surface area contributed by atoms with Crippen molar-refractivity contribution in [2.45, 2.75) is 45.3 Å². The van der Waals surface area contributed by atoms with E-state index < -0.39 is 10.0 Å². The zero-order chi connectivity index (χ0) is 22.7. The lowest BCUT2D eigenvalue weighted by Gasteiger charge is -2.22. The van der Waals surface area contributed by atoms with Gasteiger partial charge in [0.15, 0.2) is 0 Å². The normalized spacial score (nSPS) is 11.9. The monoisotopic (exact) mass is 449 g/mol. The van der Waals surface area contributed by atoms with Crippen molar-refractivity contribution < 1.29 is 12.8 Å². The summed E-state index contributed by atoms with van der Waals surface area (Å²) in [7, 11) is -3.75. The zero-order valence-corrected chi connectivity index (χ0v) is 19.3. The molecular weight excluding hydrogens is 422 g/mol. The van der Waals surface area contributed by atoms with Gasteiger partial charge in [-0.3, -0.25) is 0 Å². The van der Waals surface area contributed by atoms with Crippen LogP contribution in [-0.4, -0.2) is 22.3 Å². The van der Waals surface area contributed by atoms with Crippen LogP contribution in [0.15, 0.2) is 82.6 Å². The molecule has 0 aliphatic rings. The van der Waals surface area contributed by atoms with Crippen molar-refractivity contribution in [1.82, 2.24) is 13.9 Å². The summed E-state index contributed by atoms with van der Waals surface area (Å²) in [6, 6.07) is 16.8. The lowest BCUT2D eigenvalue weighted by atomic mass is 10.1. The fraction of sp³-hybridized carbons (Fsp3) is 0.240. The van der Waals surface area contributed by atoms with Gasteiger partial charge in [0.1, 0.15) is 11.6 Å². The highest BCUT2D eigenvalue weighted by molar-refractivity contribution is 7.89. The molecule has 6 nitrogen and oxygen atoms in total. The van der Waals surface area contributed by atoms with Crippen LogP contribution >= 0.6 is 0 Å². The molecule has 0 saturated heterocycles. The van der Waals surface area contributed by atoms with Gasteiger partial charge in [-0.05, 0) is 56.2 Å². The molecule has 0 bridgehead atoms. The van der Waals surface area contributed by atoms with E-state index in [1.165, 1.54) is 21.0 Å². The molecular formula is C25H27N3O3S. The highest BCUT2D eigenvalue weighted by Crippen LogP contribution is 2.22. The van der Waals surface area contributed by atoms with E-state index in [9.17, 15) is 8.42 Å². The number of aromatic nitrogens is 2. The van der Waals surface area contributed by atoms with Crippen LogP contribution in [0, 0.1) is 20.8 Å². The molecule has 0 unspecified atom stereocenters. The summed E-state index contributed by atoms with van der Waals surface area (Å²) in [6.07, 6.45) is 5.15. The Hall–Kier alpha value is -3.16. The third kappa shape index (κ3) is 4.84. The molecule has 0 radical (unpaired) electrons. The molecule has 4 rings (SSSR count). The molecule has 0 amide bonds. The second-order valence-corrected chi connectivity index (χ2v) is 10.0. The summed E-state index contributed by atoms with van der Waals surface area (Å²) in [4.78, 5) is 4.73. The number of hydrogen-bond donors (Lipinski definition) is 0. The van der Waals surface area contributed by atoms with E-state index in [1.807, 2.05) is 17.7 Å². The number of rotatable bonds is 8. The topological polar surface area (TPSA) is 68.3 Å². The van der Waals surface area contributed by atoms with Crippen molar-refractivity contribution in [1.29, 1.82) is 0 Å². The van der Waals surface area contributed by atoms with Gasteiger partial charge in [-0.15, -0.1) is 0 Å². The van der Waals surface area contributed by atoms with Crippen LogP contribution in [0.1, 0.15) is 33.8 Å². The molecule has 32 heavy (non-hydrogen) atoms. The second kappa shape index (κ2) is 9.14. The number of imidazole rings is 1. The first kappa shape index (κ1) is 22.0. The molecule has 166 valence electrons. The minimum atomic E-state index is -3.75. The van der Waals surface area contributed by atoms with Crippen molar-refractivity contribution in [2.24, 2.45) is 0 Å². The average molecular weight is 450 g/mol. The van der Waals surface area contributed by atoms with Crippen molar-refractivity contribution >= 4 is 10.0 Å². The number of sulfonamides is 1. The largest absolute Gasteiger partial charge is 0.468 e. The summed E-state index contributed by atoms with van der Waals surface area (Å²) < 4.78 is 35.9. The number of benzene rings is 2. The molecule has 0 aliphatic carbocycles. The predicted octanol–water partition coefficient (Wildman–Crippen LogP) is 4.84. The molecule has 2 heterocycles. The maximum atomic E-state index is 13.5. The smallest absolute Gasteiger partial charge is 0.243 e. The zero-order valence-electron chi connectivity index (χ0n) is 18.5. The van der Waals surface area contributed by atoms with Gasteiger partial charge < -0.3 is 8.98 Å². The lowest BCUT2D eigenvalue weighted by molar-refractivity contribution is 0.348.